The highest BCUT2D eigenvalue weighted by atomic mass is 32.2. The molecular weight excluding hydrogens is 426 g/mol. The first-order valence-corrected chi connectivity index (χ1v) is 11.1. The Kier molecular flexibility index (Phi) is 6.86. The molecule has 0 aliphatic heterocycles. The van der Waals surface area contributed by atoms with Crippen molar-refractivity contribution in [2.75, 3.05) is 19.5 Å². The predicted molar refractivity (Wildman–Crippen MR) is 123 cm³/mol. The van der Waals surface area contributed by atoms with E-state index >= 15 is 0 Å². The molecule has 1 N–H and O–H groups in total. The lowest BCUT2D eigenvalue weighted by Crippen LogP contribution is -2.24. The molecule has 8 nitrogen and oxygen atoms in total. The summed E-state index contributed by atoms with van der Waals surface area (Å²) < 4.78 is 12.5. The van der Waals surface area contributed by atoms with Crippen LogP contribution in [0, 0.1) is 0 Å². The van der Waals surface area contributed by atoms with Gasteiger partial charge in [0.15, 0.2) is 5.65 Å². The number of carbonyl (C=O) groups excluding carboxylic acids is 1. The summed E-state index contributed by atoms with van der Waals surface area (Å²) in [5.74, 6) is 1.65. The summed E-state index contributed by atoms with van der Waals surface area (Å²) in [4.78, 5) is 12.4. The standard InChI is InChI=1S/C23H23N5O3S/c1-3-31-18-10-8-16(9-11-18)19-12-13-21-25-26-23(28(21)27-19)32-15-22(29)24-14-17-6-4-5-7-20(17)30-2/h4-13H,3,14-15H2,1-2H3,(H,24,29). The van der Waals surface area contributed by atoms with Gasteiger partial charge in [0.1, 0.15) is 11.5 Å². The van der Waals surface area contributed by atoms with Crippen LogP contribution >= 0.6 is 11.8 Å². The number of benzene rings is 2. The number of thioether (sulfide) groups is 1. The third kappa shape index (κ3) is 5.00. The minimum Gasteiger partial charge on any atom is -0.496 e. The summed E-state index contributed by atoms with van der Waals surface area (Å²) in [6.45, 7) is 2.97. The molecule has 0 unspecified atom stereocenters. The maximum Gasteiger partial charge on any atom is 0.230 e. The Balaban J connectivity index is 1.42. The molecule has 32 heavy (non-hydrogen) atoms. The Bertz CT molecular complexity index is 1210. The van der Waals surface area contributed by atoms with Crippen LogP contribution in [-0.2, 0) is 11.3 Å². The number of fused-ring (bicyclic) bond motifs is 1. The third-order valence-corrected chi connectivity index (χ3v) is 5.62. The van der Waals surface area contributed by atoms with Gasteiger partial charge in [-0.3, -0.25) is 4.79 Å². The SMILES string of the molecule is CCOc1ccc(-c2ccc3nnc(SCC(=O)NCc4ccccc4OC)n3n2)cc1. The highest BCUT2D eigenvalue weighted by Crippen LogP contribution is 2.23. The van der Waals surface area contributed by atoms with E-state index in [9.17, 15) is 4.79 Å². The van der Waals surface area contributed by atoms with Crippen molar-refractivity contribution in [3.05, 3.63) is 66.2 Å². The van der Waals surface area contributed by atoms with E-state index < -0.39 is 0 Å². The Labute approximate surface area is 190 Å². The second-order valence-corrected chi connectivity index (χ2v) is 7.75. The topological polar surface area (TPSA) is 90.6 Å². The monoisotopic (exact) mass is 449 g/mol. The first-order valence-electron chi connectivity index (χ1n) is 10.1. The first kappa shape index (κ1) is 21.6. The molecule has 0 aliphatic rings. The third-order valence-electron chi connectivity index (χ3n) is 4.70. The highest BCUT2D eigenvalue weighted by molar-refractivity contribution is 7.99. The normalized spacial score (nSPS) is 10.8. The Morgan fingerprint density at radius 1 is 1.06 bits per heavy atom. The summed E-state index contributed by atoms with van der Waals surface area (Å²) >= 11 is 1.29. The summed E-state index contributed by atoms with van der Waals surface area (Å²) in [5.41, 5.74) is 3.27. The smallest absolute Gasteiger partial charge is 0.230 e. The number of hydrogen-bond donors (Lipinski definition) is 1. The van der Waals surface area contributed by atoms with Crippen LogP contribution in [0.15, 0.2) is 65.8 Å². The second kappa shape index (κ2) is 10.1. The Hall–Kier alpha value is -3.59. The van der Waals surface area contributed by atoms with Crippen LogP contribution < -0.4 is 14.8 Å². The maximum atomic E-state index is 12.4. The van der Waals surface area contributed by atoms with Crippen molar-refractivity contribution in [1.29, 1.82) is 0 Å². The summed E-state index contributed by atoms with van der Waals surface area (Å²) in [5, 5.41) is 16.4. The van der Waals surface area contributed by atoms with Crippen LogP contribution in [0.4, 0.5) is 0 Å². The molecule has 0 saturated carbocycles. The fourth-order valence-corrected chi connectivity index (χ4v) is 3.84. The largest absolute Gasteiger partial charge is 0.496 e. The zero-order valence-electron chi connectivity index (χ0n) is 17.8. The van der Waals surface area contributed by atoms with Gasteiger partial charge in [-0.2, -0.15) is 9.61 Å². The molecule has 2 aromatic carbocycles. The molecule has 164 valence electrons. The zero-order valence-corrected chi connectivity index (χ0v) is 18.6. The van der Waals surface area contributed by atoms with Crippen molar-refractivity contribution >= 4 is 23.3 Å². The number of carbonyl (C=O) groups is 1. The molecule has 0 saturated heterocycles. The van der Waals surface area contributed by atoms with Crippen molar-refractivity contribution in [3.63, 3.8) is 0 Å². The number of para-hydroxylation sites is 1. The van der Waals surface area contributed by atoms with E-state index in [1.165, 1.54) is 11.8 Å². The summed E-state index contributed by atoms with van der Waals surface area (Å²) in [6.07, 6.45) is 0. The van der Waals surface area contributed by atoms with Crippen LogP contribution in [0.1, 0.15) is 12.5 Å². The molecule has 4 rings (SSSR count). The van der Waals surface area contributed by atoms with Crippen molar-refractivity contribution in [2.45, 2.75) is 18.6 Å². The molecule has 0 bridgehead atoms. The van der Waals surface area contributed by atoms with Crippen molar-refractivity contribution in [3.8, 4) is 22.8 Å². The minimum atomic E-state index is -0.111. The lowest BCUT2D eigenvalue weighted by Gasteiger charge is -2.09. The molecule has 0 spiro atoms. The van der Waals surface area contributed by atoms with E-state index in [4.69, 9.17) is 9.47 Å². The van der Waals surface area contributed by atoms with Crippen molar-refractivity contribution in [2.24, 2.45) is 0 Å². The lowest BCUT2D eigenvalue weighted by molar-refractivity contribution is -0.118. The van der Waals surface area contributed by atoms with Crippen LogP contribution in [0.2, 0.25) is 0 Å². The predicted octanol–water partition coefficient (Wildman–Crippen LogP) is 3.61. The van der Waals surface area contributed by atoms with Gasteiger partial charge in [0.2, 0.25) is 11.1 Å². The average Bonchev–Trinajstić information content (AvgIpc) is 3.24. The van der Waals surface area contributed by atoms with Crippen LogP contribution in [0.3, 0.4) is 0 Å². The van der Waals surface area contributed by atoms with E-state index in [-0.39, 0.29) is 11.7 Å². The number of aromatic nitrogens is 4. The fraction of sp³-hybridized carbons (Fsp3) is 0.217. The molecule has 0 aliphatic carbocycles. The van der Waals surface area contributed by atoms with E-state index in [1.54, 1.807) is 11.6 Å². The minimum absolute atomic E-state index is 0.111. The summed E-state index contributed by atoms with van der Waals surface area (Å²) in [6, 6.07) is 19.1. The average molecular weight is 450 g/mol. The van der Waals surface area contributed by atoms with Crippen molar-refractivity contribution < 1.29 is 14.3 Å². The van der Waals surface area contributed by atoms with Crippen LogP contribution in [0.25, 0.3) is 16.9 Å². The summed E-state index contributed by atoms with van der Waals surface area (Å²) in [7, 11) is 1.61. The van der Waals surface area contributed by atoms with E-state index in [2.05, 4.69) is 20.6 Å². The van der Waals surface area contributed by atoms with Crippen LogP contribution in [0.5, 0.6) is 11.5 Å². The number of nitrogens with one attached hydrogen (secondary N) is 1. The molecule has 0 radical (unpaired) electrons. The second-order valence-electron chi connectivity index (χ2n) is 6.81. The molecular formula is C23H23N5O3S. The van der Waals surface area contributed by atoms with Gasteiger partial charge in [0.05, 0.1) is 25.2 Å². The van der Waals surface area contributed by atoms with Gasteiger partial charge in [-0.1, -0.05) is 30.0 Å². The Morgan fingerprint density at radius 2 is 1.88 bits per heavy atom. The van der Waals surface area contributed by atoms with Gasteiger partial charge in [-0.25, -0.2) is 0 Å². The van der Waals surface area contributed by atoms with E-state index in [0.717, 1.165) is 28.3 Å². The first-order chi connectivity index (χ1) is 15.7. The van der Waals surface area contributed by atoms with Gasteiger partial charge in [0.25, 0.3) is 0 Å². The highest BCUT2D eigenvalue weighted by Gasteiger charge is 2.12. The van der Waals surface area contributed by atoms with E-state index in [1.807, 2.05) is 67.6 Å². The van der Waals surface area contributed by atoms with Gasteiger partial charge < -0.3 is 14.8 Å². The number of nitrogens with zero attached hydrogens (tertiary/aromatic N) is 4. The molecule has 1 amide bonds. The van der Waals surface area contributed by atoms with Crippen LogP contribution in [-0.4, -0.2) is 45.2 Å². The van der Waals surface area contributed by atoms with Gasteiger partial charge >= 0.3 is 0 Å². The van der Waals surface area contributed by atoms with Gasteiger partial charge in [0, 0.05) is 17.7 Å². The zero-order chi connectivity index (χ0) is 22.3. The number of hydrogen-bond acceptors (Lipinski definition) is 7. The van der Waals surface area contributed by atoms with Gasteiger partial charge in [-0.05, 0) is 49.4 Å². The number of ether oxygens (including phenoxy) is 2. The molecule has 9 heteroatoms. The Morgan fingerprint density at radius 3 is 2.66 bits per heavy atom. The van der Waals surface area contributed by atoms with Crippen molar-refractivity contribution in [1.82, 2.24) is 25.1 Å². The lowest BCUT2D eigenvalue weighted by atomic mass is 10.1. The number of methoxy groups -OCH3 is 1. The van der Waals surface area contributed by atoms with Gasteiger partial charge in [-0.15, -0.1) is 10.2 Å². The molecule has 0 fully saturated rings. The quantitative estimate of drug-likeness (QED) is 0.390. The fourth-order valence-electron chi connectivity index (χ4n) is 3.13. The maximum absolute atomic E-state index is 12.4. The molecule has 2 heterocycles. The molecule has 0 atom stereocenters. The number of rotatable bonds is 9. The molecule has 2 aromatic heterocycles. The number of amides is 1. The van der Waals surface area contributed by atoms with E-state index in [0.29, 0.717) is 24.0 Å². The molecule has 4 aromatic rings.